The molecule has 1 aromatic rings. The van der Waals surface area contributed by atoms with E-state index < -0.39 is 0 Å². The molecule has 2 aliphatic rings. The lowest BCUT2D eigenvalue weighted by Crippen LogP contribution is -2.42. The summed E-state index contributed by atoms with van der Waals surface area (Å²) in [6, 6.07) is 4.41. The van der Waals surface area contributed by atoms with Crippen molar-refractivity contribution < 1.29 is 4.74 Å². The Kier molecular flexibility index (Phi) is 1.98. The summed E-state index contributed by atoms with van der Waals surface area (Å²) in [5.74, 6) is 0. The van der Waals surface area contributed by atoms with Gasteiger partial charge in [0.2, 0.25) is 0 Å². The molecule has 0 spiro atoms. The maximum absolute atomic E-state index is 6.07. The van der Waals surface area contributed by atoms with E-state index in [1.807, 2.05) is 0 Å². The number of hydrogen-bond donors (Lipinski definition) is 0. The second-order valence-corrected chi connectivity index (χ2v) is 6.68. The molecule has 88 valence electrons. The Labute approximate surface area is 105 Å². The largest absolute Gasteiger partial charge is 0.368 e. The van der Waals surface area contributed by atoms with E-state index in [4.69, 9.17) is 12.6 Å². The fourth-order valence-corrected chi connectivity index (χ4v) is 3.31. The molecule has 3 rings (SSSR count). The van der Waals surface area contributed by atoms with Crippen molar-refractivity contribution in [2.75, 3.05) is 0 Å². The lowest BCUT2D eigenvalue weighted by Gasteiger charge is -2.39. The first-order chi connectivity index (χ1) is 7.76. The number of fused-ring (bicyclic) bond motifs is 2. The van der Waals surface area contributed by atoms with Gasteiger partial charge in [0.1, 0.15) is 7.85 Å². The minimum atomic E-state index is 0.0807. The van der Waals surface area contributed by atoms with Gasteiger partial charge in [0.15, 0.2) is 0 Å². The van der Waals surface area contributed by atoms with Gasteiger partial charge in [-0.3, -0.25) is 0 Å². The van der Waals surface area contributed by atoms with Gasteiger partial charge in [-0.2, -0.15) is 0 Å². The van der Waals surface area contributed by atoms with Gasteiger partial charge in [0, 0.05) is 10.8 Å². The molecule has 2 unspecified atom stereocenters. The third-order valence-corrected chi connectivity index (χ3v) is 4.71. The summed E-state index contributed by atoms with van der Waals surface area (Å²) in [7, 11) is 6.07. The van der Waals surface area contributed by atoms with Crippen LogP contribution < -0.4 is 5.46 Å². The normalized spacial score (nSPS) is 31.6. The molecule has 1 fully saturated rings. The predicted molar refractivity (Wildman–Crippen MR) is 71.3 cm³/mol. The maximum Gasteiger partial charge on any atom is 0.114 e. The number of aryl methyl sites for hydroxylation is 1. The van der Waals surface area contributed by atoms with E-state index in [2.05, 4.69) is 46.8 Å². The van der Waals surface area contributed by atoms with Crippen LogP contribution in [0.25, 0.3) is 0 Å². The van der Waals surface area contributed by atoms with Gasteiger partial charge in [-0.1, -0.05) is 50.9 Å². The number of epoxide rings is 1. The summed E-state index contributed by atoms with van der Waals surface area (Å²) in [6.07, 6.45) is 0.722. The molecule has 0 N–H and O–H groups in total. The van der Waals surface area contributed by atoms with Crippen LogP contribution in [0.4, 0.5) is 0 Å². The SMILES string of the molecule is [B]c1cc2c(cc1C)C(C)(C)C1OC1C2(C)C. The summed E-state index contributed by atoms with van der Waals surface area (Å²) in [4.78, 5) is 0. The molecular weight excluding hydrogens is 207 g/mol. The van der Waals surface area contributed by atoms with Gasteiger partial charge >= 0.3 is 0 Å². The number of rotatable bonds is 0. The molecule has 0 aromatic heterocycles. The fourth-order valence-electron chi connectivity index (χ4n) is 3.31. The first-order valence-electron chi connectivity index (χ1n) is 6.33. The smallest absolute Gasteiger partial charge is 0.114 e. The number of hydrogen-bond acceptors (Lipinski definition) is 1. The highest BCUT2D eigenvalue weighted by Gasteiger charge is 2.62. The molecule has 1 heterocycles. The molecule has 1 aliphatic carbocycles. The van der Waals surface area contributed by atoms with E-state index in [9.17, 15) is 0 Å². The average Bonchev–Trinajstić information content (AvgIpc) is 3.00. The summed E-state index contributed by atoms with van der Waals surface area (Å²) in [6.45, 7) is 11.2. The molecule has 1 aliphatic heterocycles. The molecular formula is C15H19BO. The highest BCUT2D eigenvalue weighted by molar-refractivity contribution is 6.33. The first kappa shape index (κ1) is 11.3. The van der Waals surface area contributed by atoms with Crippen LogP contribution in [0.3, 0.4) is 0 Å². The van der Waals surface area contributed by atoms with Crippen molar-refractivity contribution in [1.29, 1.82) is 0 Å². The fraction of sp³-hybridized carbons (Fsp3) is 0.600. The van der Waals surface area contributed by atoms with Crippen LogP contribution in [0.15, 0.2) is 12.1 Å². The molecule has 2 atom stereocenters. The van der Waals surface area contributed by atoms with E-state index in [0.29, 0.717) is 12.2 Å². The van der Waals surface area contributed by atoms with Gasteiger partial charge in [-0.05, 0) is 18.1 Å². The average molecular weight is 226 g/mol. The third-order valence-electron chi connectivity index (χ3n) is 4.71. The first-order valence-corrected chi connectivity index (χ1v) is 6.33. The molecule has 0 amide bonds. The molecule has 0 saturated carbocycles. The Morgan fingerprint density at radius 3 is 2.00 bits per heavy atom. The van der Waals surface area contributed by atoms with Crippen LogP contribution in [-0.2, 0) is 15.6 Å². The van der Waals surface area contributed by atoms with Crippen LogP contribution in [0, 0.1) is 6.92 Å². The van der Waals surface area contributed by atoms with Crippen molar-refractivity contribution in [2.45, 2.75) is 57.7 Å². The second-order valence-electron chi connectivity index (χ2n) is 6.68. The molecule has 1 nitrogen and oxygen atoms in total. The van der Waals surface area contributed by atoms with Crippen LogP contribution in [0.5, 0.6) is 0 Å². The molecule has 17 heavy (non-hydrogen) atoms. The standard InChI is InChI=1S/C15H19BO/c1-8-6-9-10(7-11(8)16)15(4,5)13-12(17-13)14(9,2)3/h6-7,12-13H,1-5H3. The monoisotopic (exact) mass is 226 g/mol. The van der Waals surface area contributed by atoms with E-state index >= 15 is 0 Å². The zero-order chi connectivity index (χ0) is 12.6. The summed E-state index contributed by atoms with van der Waals surface area (Å²) in [5, 5.41) is 0. The Bertz CT molecular complexity index is 457. The maximum atomic E-state index is 6.07. The van der Waals surface area contributed by atoms with Crippen molar-refractivity contribution in [3.63, 3.8) is 0 Å². The lowest BCUT2D eigenvalue weighted by atomic mass is 9.62. The highest BCUT2D eigenvalue weighted by atomic mass is 16.6. The van der Waals surface area contributed by atoms with Crippen molar-refractivity contribution in [1.82, 2.24) is 0 Å². The quantitative estimate of drug-likeness (QED) is 0.487. The number of benzene rings is 1. The minimum Gasteiger partial charge on any atom is -0.368 e. The van der Waals surface area contributed by atoms with E-state index in [1.165, 1.54) is 16.7 Å². The van der Waals surface area contributed by atoms with Gasteiger partial charge in [-0.25, -0.2) is 0 Å². The van der Waals surface area contributed by atoms with Crippen LogP contribution >= 0.6 is 0 Å². The molecule has 1 aromatic carbocycles. The van der Waals surface area contributed by atoms with Crippen molar-refractivity contribution in [3.05, 3.63) is 28.8 Å². The molecule has 2 radical (unpaired) electrons. The summed E-state index contributed by atoms with van der Waals surface area (Å²) in [5.41, 5.74) is 5.03. The van der Waals surface area contributed by atoms with Gasteiger partial charge in [-0.15, -0.1) is 0 Å². The summed E-state index contributed by atoms with van der Waals surface area (Å²) >= 11 is 0. The number of ether oxygens (including phenoxy) is 1. The van der Waals surface area contributed by atoms with Gasteiger partial charge < -0.3 is 4.74 Å². The zero-order valence-corrected chi connectivity index (χ0v) is 11.3. The third kappa shape index (κ3) is 1.31. The van der Waals surface area contributed by atoms with Crippen molar-refractivity contribution in [2.24, 2.45) is 0 Å². The summed E-state index contributed by atoms with van der Waals surface area (Å²) < 4.78 is 5.93. The van der Waals surface area contributed by atoms with Crippen LogP contribution in [-0.4, -0.2) is 20.1 Å². The molecule has 2 heteroatoms. The van der Waals surface area contributed by atoms with E-state index in [0.717, 1.165) is 5.46 Å². The predicted octanol–water partition coefficient (Wildman–Crippen LogP) is 2.13. The Balaban J connectivity index is 2.29. The van der Waals surface area contributed by atoms with Gasteiger partial charge in [0.25, 0.3) is 0 Å². The molecule has 1 saturated heterocycles. The topological polar surface area (TPSA) is 12.5 Å². The van der Waals surface area contributed by atoms with E-state index in [1.54, 1.807) is 0 Å². The Morgan fingerprint density at radius 2 is 1.47 bits per heavy atom. The minimum absolute atomic E-state index is 0.0807. The molecule has 0 bridgehead atoms. The van der Waals surface area contributed by atoms with Gasteiger partial charge in [0.05, 0.1) is 12.2 Å². The van der Waals surface area contributed by atoms with Crippen molar-refractivity contribution in [3.8, 4) is 0 Å². The van der Waals surface area contributed by atoms with Crippen LogP contribution in [0.1, 0.15) is 44.4 Å². The Hall–Kier alpha value is -0.755. The second kappa shape index (κ2) is 2.98. The lowest BCUT2D eigenvalue weighted by molar-refractivity contribution is 0.296. The van der Waals surface area contributed by atoms with Crippen molar-refractivity contribution >= 4 is 13.3 Å². The Morgan fingerprint density at radius 1 is 1.00 bits per heavy atom. The van der Waals surface area contributed by atoms with E-state index in [-0.39, 0.29) is 10.8 Å². The van der Waals surface area contributed by atoms with Crippen LogP contribution in [0.2, 0.25) is 0 Å². The highest BCUT2D eigenvalue weighted by Crippen LogP contribution is 2.56. The zero-order valence-electron chi connectivity index (χ0n) is 11.3.